The number of alkyl halides is 3. The number of aromatic nitrogens is 1. The molecular formula is C20H23F3N4O4S. The first-order valence-corrected chi connectivity index (χ1v) is 11.2. The zero-order valence-corrected chi connectivity index (χ0v) is 18.0. The number of amides is 2. The molecule has 32 heavy (non-hydrogen) atoms. The molecule has 0 bridgehead atoms. The van der Waals surface area contributed by atoms with E-state index in [1.54, 1.807) is 0 Å². The third-order valence-electron chi connectivity index (χ3n) is 5.44. The van der Waals surface area contributed by atoms with Crippen molar-refractivity contribution in [3.05, 3.63) is 53.3 Å². The number of rotatable bonds is 6. The summed E-state index contributed by atoms with van der Waals surface area (Å²) in [4.78, 5) is 23.8. The first kappa shape index (κ1) is 23.8. The molecule has 2 aromatic rings. The molecule has 0 aliphatic carbocycles. The molecule has 2 amide bonds. The number of benzene rings is 1. The highest BCUT2D eigenvalue weighted by atomic mass is 32.2. The minimum atomic E-state index is -4.42. The second-order valence-electron chi connectivity index (χ2n) is 7.63. The molecule has 0 unspecified atom stereocenters. The van der Waals surface area contributed by atoms with Gasteiger partial charge in [0, 0.05) is 38.8 Å². The summed E-state index contributed by atoms with van der Waals surface area (Å²) in [6.07, 6.45) is -2.50. The number of hydrogen-bond acceptors (Lipinski definition) is 4. The highest BCUT2D eigenvalue weighted by molar-refractivity contribution is 7.89. The monoisotopic (exact) mass is 472 g/mol. The Labute approximate surface area is 183 Å². The van der Waals surface area contributed by atoms with Crippen molar-refractivity contribution in [3.8, 4) is 0 Å². The fraction of sp³-hybridized carbons (Fsp3) is 0.400. The van der Waals surface area contributed by atoms with E-state index in [1.807, 2.05) is 0 Å². The number of halogens is 3. The van der Waals surface area contributed by atoms with Gasteiger partial charge in [-0.15, -0.1) is 0 Å². The molecule has 0 atom stereocenters. The van der Waals surface area contributed by atoms with Crippen molar-refractivity contribution in [3.63, 3.8) is 0 Å². The van der Waals surface area contributed by atoms with Gasteiger partial charge in [0.25, 0.3) is 5.91 Å². The Morgan fingerprint density at radius 1 is 1.16 bits per heavy atom. The van der Waals surface area contributed by atoms with Crippen molar-refractivity contribution in [1.82, 2.24) is 14.2 Å². The molecule has 3 N–H and O–H groups in total. The van der Waals surface area contributed by atoms with E-state index in [0.29, 0.717) is 18.4 Å². The normalized spacial score (nSPS) is 16.1. The largest absolute Gasteiger partial charge is 0.416 e. The summed E-state index contributed by atoms with van der Waals surface area (Å²) in [5.74, 6) is -1.43. The van der Waals surface area contributed by atoms with Gasteiger partial charge in [0.2, 0.25) is 15.9 Å². The number of nitrogens with two attached hydrogens (primary N) is 1. The van der Waals surface area contributed by atoms with Crippen LogP contribution in [0.15, 0.2) is 41.4 Å². The van der Waals surface area contributed by atoms with Gasteiger partial charge < -0.3 is 15.6 Å². The summed E-state index contributed by atoms with van der Waals surface area (Å²) in [6, 6.07) is 5.74. The van der Waals surface area contributed by atoms with Crippen molar-refractivity contribution >= 4 is 21.8 Å². The molecular weight excluding hydrogens is 449 g/mol. The molecule has 174 valence electrons. The highest BCUT2D eigenvalue weighted by Gasteiger charge is 2.33. The average Bonchev–Trinajstić information content (AvgIpc) is 3.14. The number of nitrogens with one attached hydrogen (secondary N) is 1. The van der Waals surface area contributed by atoms with Crippen molar-refractivity contribution in [2.45, 2.75) is 30.5 Å². The van der Waals surface area contributed by atoms with Crippen molar-refractivity contribution in [2.75, 3.05) is 13.1 Å². The molecule has 8 nitrogen and oxygen atoms in total. The Kier molecular flexibility index (Phi) is 6.65. The molecule has 1 fully saturated rings. The number of primary amides is 1. The Morgan fingerprint density at radius 3 is 2.25 bits per heavy atom. The molecule has 1 aromatic heterocycles. The van der Waals surface area contributed by atoms with Gasteiger partial charge in [0.15, 0.2) is 0 Å². The molecule has 1 aliphatic heterocycles. The molecule has 0 saturated carbocycles. The second kappa shape index (κ2) is 8.94. The van der Waals surface area contributed by atoms with Crippen LogP contribution in [0, 0.1) is 5.92 Å². The topological polar surface area (TPSA) is 114 Å². The van der Waals surface area contributed by atoms with Gasteiger partial charge in [-0.25, -0.2) is 8.42 Å². The number of aryl methyl sites for hydroxylation is 1. The smallest absolute Gasteiger partial charge is 0.364 e. The van der Waals surface area contributed by atoms with Crippen LogP contribution in [0.1, 0.15) is 34.5 Å². The quantitative estimate of drug-likeness (QED) is 0.668. The highest BCUT2D eigenvalue weighted by Crippen LogP contribution is 2.29. The average molecular weight is 472 g/mol. The summed E-state index contributed by atoms with van der Waals surface area (Å²) < 4.78 is 66.1. The summed E-state index contributed by atoms with van der Waals surface area (Å²) in [7, 11) is -2.32. The first-order chi connectivity index (χ1) is 14.9. The van der Waals surface area contributed by atoms with Gasteiger partial charge in [-0.05, 0) is 36.6 Å². The molecule has 0 radical (unpaired) electrons. The number of piperidine rings is 1. The maximum Gasteiger partial charge on any atom is 0.416 e. The summed E-state index contributed by atoms with van der Waals surface area (Å²) in [6.45, 7) is 0.332. The van der Waals surface area contributed by atoms with Gasteiger partial charge in [-0.2, -0.15) is 17.5 Å². The fourth-order valence-electron chi connectivity index (χ4n) is 3.57. The SMILES string of the molecule is Cn1cc(S(=O)(=O)N2CCC(C(=O)NCc3ccc(C(F)(F)F)cc3)CC2)cc1C(N)=O. The van der Waals surface area contributed by atoms with Crippen LogP contribution in [0.4, 0.5) is 13.2 Å². The van der Waals surface area contributed by atoms with Crippen LogP contribution >= 0.6 is 0 Å². The van der Waals surface area contributed by atoms with E-state index < -0.39 is 33.6 Å². The van der Waals surface area contributed by atoms with E-state index >= 15 is 0 Å². The van der Waals surface area contributed by atoms with E-state index in [9.17, 15) is 31.2 Å². The number of sulfonamides is 1. The lowest BCUT2D eigenvalue weighted by Crippen LogP contribution is -2.42. The van der Waals surface area contributed by atoms with Gasteiger partial charge in [0.1, 0.15) is 10.6 Å². The molecule has 3 rings (SSSR count). The Bertz CT molecular complexity index is 1100. The lowest BCUT2D eigenvalue weighted by molar-refractivity contribution is -0.137. The molecule has 1 aliphatic rings. The van der Waals surface area contributed by atoms with E-state index in [-0.39, 0.29) is 36.1 Å². The summed E-state index contributed by atoms with van der Waals surface area (Å²) >= 11 is 0. The van der Waals surface area contributed by atoms with Crippen LogP contribution in [0.5, 0.6) is 0 Å². The van der Waals surface area contributed by atoms with Crippen LogP contribution in [-0.2, 0) is 34.6 Å². The van der Waals surface area contributed by atoms with Gasteiger partial charge in [-0.1, -0.05) is 12.1 Å². The van der Waals surface area contributed by atoms with Gasteiger partial charge in [-0.3, -0.25) is 9.59 Å². The molecule has 1 aromatic carbocycles. The van der Waals surface area contributed by atoms with Crippen molar-refractivity contribution in [1.29, 1.82) is 0 Å². The molecule has 0 spiro atoms. The molecule has 2 heterocycles. The Morgan fingerprint density at radius 2 is 1.75 bits per heavy atom. The fourth-order valence-corrected chi connectivity index (χ4v) is 5.11. The predicted octanol–water partition coefficient (Wildman–Crippen LogP) is 1.86. The van der Waals surface area contributed by atoms with Crippen LogP contribution in [-0.4, -0.2) is 42.2 Å². The van der Waals surface area contributed by atoms with Crippen molar-refractivity contribution in [2.24, 2.45) is 18.7 Å². The van der Waals surface area contributed by atoms with Crippen LogP contribution < -0.4 is 11.1 Å². The minimum absolute atomic E-state index is 0.0426. The number of nitrogens with zero attached hydrogens (tertiary/aromatic N) is 2. The Hall–Kier alpha value is -2.86. The summed E-state index contributed by atoms with van der Waals surface area (Å²) in [5, 5.41) is 2.69. The van der Waals surface area contributed by atoms with E-state index in [4.69, 9.17) is 5.73 Å². The van der Waals surface area contributed by atoms with Crippen molar-refractivity contribution < 1.29 is 31.2 Å². The minimum Gasteiger partial charge on any atom is -0.364 e. The third-order valence-corrected chi connectivity index (χ3v) is 7.31. The lowest BCUT2D eigenvalue weighted by atomic mass is 9.97. The second-order valence-corrected chi connectivity index (χ2v) is 9.56. The number of carbonyl (C=O) groups excluding carboxylic acids is 2. The molecule has 12 heteroatoms. The van der Waals surface area contributed by atoms with Gasteiger partial charge in [0.05, 0.1) is 5.56 Å². The Balaban J connectivity index is 1.55. The standard InChI is InChI=1S/C20H23F3N4O4S/c1-26-12-16(10-17(26)18(24)28)32(30,31)27-8-6-14(7-9-27)19(29)25-11-13-2-4-15(5-3-13)20(21,22)23/h2-5,10,12,14H,6-9,11H2,1H3,(H2,24,28)(H,25,29). The maximum atomic E-state index is 12.8. The maximum absolute atomic E-state index is 12.8. The van der Waals surface area contributed by atoms with Gasteiger partial charge >= 0.3 is 6.18 Å². The predicted molar refractivity (Wildman–Crippen MR) is 109 cm³/mol. The van der Waals surface area contributed by atoms with E-state index in [1.165, 1.54) is 40.3 Å². The van der Waals surface area contributed by atoms with E-state index in [0.717, 1.165) is 12.1 Å². The van der Waals surface area contributed by atoms with Crippen LogP contribution in [0.3, 0.4) is 0 Å². The third kappa shape index (κ3) is 5.13. The summed E-state index contributed by atoms with van der Waals surface area (Å²) in [5.41, 5.74) is 5.07. The van der Waals surface area contributed by atoms with E-state index in [2.05, 4.69) is 5.32 Å². The molecule has 1 saturated heterocycles. The number of carbonyl (C=O) groups is 2. The lowest BCUT2D eigenvalue weighted by Gasteiger charge is -2.30. The van der Waals surface area contributed by atoms with Crippen LogP contribution in [0.2, 0.25) is 0 Å². The van der Waals surface area contributed by atoms with Crippen LogP contribution in [0.25, 0.3) is 0 Å². The first-order valence-electron chi connectivity index (χ1n) is 9.80. The zero-order valence-electron chi connectivity index (χ0n) is 17.2. The number of hydrogen-bond donors (Lipinski definition) is 2. The zero-order chi connectivity index (χ0) is 23.7.